The average Bonchev–Trinajstić information content (AvgIpc) is 3.20. The molecule has 2 fully saturated rings. The van der Waals surface area contributed by atoms with Crippen LogP contribution in [0.5, 0.6) is 0 Å². The van der Waals surface area contributed by atoms with Gasteiger partial charge in [0.25, 0.3) is 0 Å². The molecule has 1 aromatic carbocycles. The third kappa shape index (κ3) is 6.85. The zero-order valence-corrected chi connectivity index (χ0v) is 22.8. The Kier molecular flexibility index (Phi) is 9.06. The van der Waals surface area contributed by atoms with Gasteiger partial charge in [-0.3, -0.25) is 4.90 Å². The van der Waals surface area contributed by atoms with Crippen LogP contribution in [0.1, 0.15) is 11.3 Å². The Hall–Kier alpha value is -3.26. The quantitative estimate of drug-likeness (QED) is 0.357. The maximum atomic E-state index is 13.6. The molecule has 0 spiro atoms. The summed E-state index contributed by atoms with van der Waals surface area (Å²) in [5.41, 5.74) is 8.49. The van der Waals surface area contributed by atoms with E-state index in [4.69, 9.17) is 5.73 Å². The van der Waals surface area contributed by atoms with Crippen LogP contribution in [0.3, 0.4) is 0 Å². The van der Waals surface area contributed by atoms with E-state index in [1.165, 1.54) is 12.1 Å². The highest BCUT2D eigenvalue weighted by atomic mass is 35.5. The first-order chi connectivity index (χ1) is 18.2. The number of nitrogens with one attached hydrogen (secondary N) is 1. The minimum absolute atomic E-state index is 0. The van der Waals surface area contributed by atoms with E-state index in [0.29, 0.717) is 24.6 Å². The summed E-state index contributed by atoms with van der Waals surface area (Å²) in [7, 11) is -0.554. The van der Waals surface area contributed by atoms with Crippen molar-refractivity contribution in [1.82, 2.24) is 29.9 Å². The zero-order chi connectivity index (χ0) is 26.8. The highest BCUT2D eigenvalue weighted by Gasteiger charge is 2.30. The number of piperazine rings is 1. The van der Waals surface area contributed by atoms with Crippen molar-refractivity contribution in [3.05, 3.63) is 59.4 Å². The van der Waals surface area contributed by atoms with Gasteiger partial charge in [-0.05, 0) is 25.9 Å². The standard InChI is InChI=1S/C25H32BF2N9O.ClH/c1-17-18(4-3-5-34-6-8-35(9-7-34)22-11-19(27)10-20(28)12-22)14-30-37(17)24-13-23(31-25(29)32-24)36-15-21(16-36)33-26(2)38;/h3-4,10-14,21,33,38H,5-9,15-16H2,1-2H3,(H2,29,31,32);1H/b4-3+;. The zero-order valence-electron chi connectivity index (χ0n) is 22.0. The van der Waals surface area contributed by atoms with Gasteiger partial charge in [-0.25, -0.2) is 13.5 Å². The second-order valence-corrected chi connectivity index (χ2v) is 9.80. The van der Waals surface area contributed by atoms with Gasteiger partial charge < -0.3 is 25.8 Å². The van der Waals surface area contributed by atoms with Crippen LogP contribution in [0.25, 0.3) is 11.9 Å². The van der Waals surface area contributed by atoms with E-state index in [1.807, 2.05) is 24.0 Å². The normalized spacial score (nSPS) is 16.4. The molecule has 0 radical (unpaired) electrons. The van der Waals surface area contributed by atoms with Gasteiger partial charge in [0, 0.05) is 75.2 Å². The van der Waals surface area contributed by atoms with E-state index >= 15 is 0 Å². The predicted octanol–water partition coefficient (Wildman–Crippen LogP) is 1.98. The number of nitrogen functional groups attached to an aromatic ring is 1. The van der Waals surface area contributed by atoms with Crippen molar-refractivity contribution in [2.75, 3.05) is 61.3 Å². The molecule has 2 aliphatic rings. The van der Waals surface area contributed by atoms with Crippen LogP contribution in [-0.2, 0) is 0 Å². The number of halogens is 3. The first kappa shape index (κ1) is 28.7. The van der Waals surface area contributed by atoms with Crippen LogP contribution < -0.4 is 20.8 Å². The monoisotopic (exact) mass is 559 g/mol. The Bertz CT molecular complexity index is 1290. The van der Waals surface area contributed by atoms with Crippen molar-refractivity contribution in [3.8, 4) is 5.82 Å². The molecule has 4 N–H and O–H groups in total. The van der Waals surface area contributed by atoms with Gasteiger partial charge in [-0.15, -0.1) is 12.4 Å². The lowest BCUT2D eigenvalue weighted by Gasteiger charge is -2.41. The van der Waals surface area contributed by atoms with Crippen LogP contribution in [0.2, 0.25) is 6.82 Å². The fourth-order valence-electron chi connectivity index (χ4n) is 4.88. The van der Waals surface area contributed by atoms with Crippen molar-refractivity contribution < 1.29 is 13.8 Å². The van der Waals surface area contributed by atoms with E-state index in [0.717, 1.165) is 55.9 Å². The third-order valence-electron chi connectivity index (χ3n) is 6.91. The van der Waals surface area contributed by atoms with Crippen LogP contribution >= 0.6 is 12.4 Å². The van der Waals surface area contributed by atoms with Gasteiger partial charge in [-0.1, -0.05) is 12.2 Å². The largest absolute Gasteiger partial charge is 0.437 e. The number of nitrogens with two attached hydrogens (primary N) is 1. The lowest BCUT2D eigenvalue weighted by molar-refractivity contribution is 0.284. The topological polar surface area (TPSA) is 112 Å². The Morgan fingerprint density at radius 1 is 1.05 bits per heavy atom. The van der Waals surface area contributed by atoms with Gasteiger partial charge in [0.15, 0.2) is 5.82 Å². The van der Waals surface area contributed by atoms with Crippen molar-refractivity contribution in [2.45, 2.75) is 19.8 Å². The molecule has 10 nitrogen and oxygen atoms in total. The third-order valence-corrected chi connectivity index (χ3v) is 6.91. The highest BCUT2D eigenvalue weighted by Crippen LogP contribution is 2.24. The predicted molar refractivity (Wildman–Crippen MR) is 153 cm³/mol. The van der Waals surface area contributed by atoms with Crippen LogP contribution in [-0.4, -0.2) is 88.6 Å². The molecule has 0 amide bonds. The first-order valence-electron chi connectivity index (χ1n) is 12.7. The van der Waals surface area contributed by atoms with Gasteiger partial charge in [0.2, 0.25) is 5.95 Å². The number of rotatable bonds is 8. The molecule has 0 atom stereocenters. The summed E-state index contributed by atoms with van der Waals surface area (Å²) in [4.78, 5) is 15.1. The van der Waals surface area contributed by atoms with Crippen LogP contribution in [0.15, 0.2) is 36.5 Å². The molecule has 3 aromatic rings. The summed E-state index contributed by atoms with van der Waals surface area (Å²) < 4.78 is 28.9. The summed E-state index contributed by atoms with van der Waals surface area (Å²) in [6.07, 6.45) is 5.94. The minimum atomic E-state index is -0.554. The van der Waals surface area contributed by atoms with Gasteiger partial charge in [-0.2, -0.15) is 15.1 Å². The molecule has 5 rings (SSSR count). The molecule has 2 aromatic heterocycles. The first-order valence-corrected chi connectivity index (χ1v) is 12.7. The number of hydrogen-bond acceptors (Lipinski definition) is 9. The summed E-state index contributed by atoms with van der Waals surface area (Å²) in [5.74, 6) is 0.393. The van der Waals surface area contributed by atoms with Gasteiger partial charge in [0.05, 0.1) is 11.9 Å². The van der Waals surface area contributed by atoms with Gasteiger partial charge in [0.1, 0.15) is 17.5 Å². The summed E-state index contributed by atoms with van der Waals surface area (Å²) >= 11 is 0. The number of anilines is 3. The van der Waals surface area contributed by atoms with Crippen molar-refractivity contribution in [1.29, 1.82) is 0 Å². The molecule has 0 saturated carbocycles. The maximum Gasteiger partial charge on any atom is 0.373 e. The average molecular weight is 560 g/mol. The molecule has 4 heterocycles. The molecule has 39 heavy (non-hydrogen) atoms. The fraction of sp³-hybridized carbons (Fsp3) is 0.400. The fourth-order valence-corrected chi connectivity index (χ4v) is 4.88. The molecule has 2 aliphatic heterocycles. The Labute approximate surface area is 233 Å². The molecule has 0 aliphatic carbocycles. The van der Waals surface area contributed by atoms with E-state index in [1.54, 1.807) is 17.7 Å². The van der Waals surface area contributed by atoms with Crippen LogP contribution in [0, 0.1) is 18.6 Å². The van der Waals surface area contributed by atoms with Crippen molar-refractivity contribution in [2.24, 2.45) is 0 Å². The maximum absolute atomic E-state index is 13.6. The Morgan fingerprint density at radius 2 is 1.72 bits per heavy atom. The van der Waals surface area contributed by atoms with E-state index in [-0.39, 0.29) is 24.4 Å². The molecule has 208 valence electrons. The number of aromatic nitrogens is 4. The summed E-state index contributed by atoms with van der Waals surface area (Å²) in [5, 5.41) is 17.1. The molecule has 2 saturated heterocycles. The highest BCUT2D eigenvalue weighted by molar-refractivity contribution is 6.45. The molecule has 14 heteroatoms. The van der Waals surface area contributed by atoms with E-state index < -0.39 is 18.7 Å². The second-order valence-electron chi connectivity index (χ2n) is 9.80. The van der Waals surface area contributed by atoms with Crippen molar-refractivity contribution >= 4 is 43.0 Å². The number of hydrogen-bond donors (Lipinski definition) is 3. The number of nitrogens with zero attached hydrogens (tertiary/aromatic N) is 7. The molecular formula is C25H33BClF2N9O. The molecule has 0 bridgehead atoms. The smallest absolute Gasteiger partial charge is 0.373 e. The number of benzene rings is 1. The summed E-state index contributed by atoms with van der Waals surface area (Å²) in [6.45, 7) is 8.90. The molecular weight excluding hydrogens is 527 g/mol. The summed E-state index contributed by atoms with van der Waals surface area (Å²) in [6, 6.07) is 5.72. The van der Waals surface area contributed by atoms with Gasteiger partial charge >= 0.3 is 7.05 Å². The van der Waals surface area contributed by atoms with Crippen molar-refractivity contribution in [3.63, 3.8) is 0 Å². The Balaban J connectivity index is 0.00000353. The molecule has 0 unspecified atom stereocenters. The van der Waals surface area contributed by atoms with E-state index in [2.05, 4.69) is 36.2 Å². The lowest BCUT2D eigenvalue weighted by Crippen LogP contribution is -2.61. The second kappa shape index (κ2) is 12.3. The lowest BCUT2D eigenvalue weighted by atomic mass is 9.86. The Morgan fingerprint density at radius 3 is 2.38 bits per heavy atom. The van der Waals surface area contributed by atoms with Crippen LogP contribution in [0.4, 0.5) is 26.2 Å². The SMILES string of the molecule is CB(O)NC1CN(c2cc(-n3ncc(/C=C/CN4CCN(c5cc(F)cc(F)c5)CC4)c3C)nc(N)n2)C1.Cl. The minimum Gasteiger partial charge on any atom is -0.437 e. The van der Waals surface area contributed by atoms with E-state index in [9.17, 15) is 13.8 Å².